The maximum Gasteiger partial charge on any atom is 0.490 e. The van der Waals surface area contributed by atoms with E-state index in [-0.39, 0.29) is 106 Å². The van der Waals surface area contributed by atoms with Crippen molar-refractivity contribution in [2.75, 3.05) is 31.1 Å². The number of carbonyl (C=O) groups excluding carboxylic acids is 10. The number of aliphatic carboxylic acids is 1. The van der Waals surface area contributed by atoms with Gasteiger partial charge >= 0.3 is 12.1 Å². The average Bonchev–Trinajstić information content (AvgIpc) is 1.80. The zero-order valence-electron chi connectivity index (χ0n) is 48.3. The van der Waals surface area contributed by atoms with E-state index in [2.05, 4.69) is 20.9 Å². The van der Waals surface area contributed by atoms with Crippen molar-refractivity contribution in [3.8, 4) is 11.1 Å². The Morgan fingerprint density at radius 2 is 1.43 bits per heavy atom. The summed E-state index contributed by atoms with van der Waals surface area (Å²) in [7, 11) is 0. The second-order valence-corrected chi connectivity index (χ2v) is 22.6. The lowest BCUT2D eigenvalue weighted by atomic mass is 9.82. The van der Waals surface area contributed by atoms with Crippen molar-refractivity contribution in [2.45, 2.75) is 123 Å². The number of rotatable bonds is 32. The number of pyridine rings is 1. The van der Waals surface area contributed by atoms with E-state index in [4.69, 9.17) is 15.6 Å². The normalized spacial score (nSPS) is 13.6. The first kappa shape index (κ1) is 70.1. The van der Waals surface area contributed by atoms with Gasteiger partial charge in [-0.25, -0.2) is 13.6 Å². The van der Waals surface area contributed by atoms with Crippen molar-refractivity contribution in [3.63, 3.8) is 0 Å². The molecule has 7 amide bonds. The SMILES string of the molecule is C[C@H](NC(=O)Cc1ccncc1)C(=O)C[C@H](C)C(=O)N[C@@H](CC(N)=O)C(=O)CCCCN(C(=O)CSCCC(=O)NCCCC(=O)CN1C(=O)C=CC1=O)[C@@H](c1cc(-c2cc(F)ccc2F)cn1Cc1ccccc1)C(C)(C)C.O=C(O)C(F)(F)F. The molecule has 0 unspecified atom stereocenters. The molecule has 3 heterocycles. The summed E-state index contributed by atoms with van der Waals surface area (Å²) in [6.45, 7) is 9.09. The third kappa shape index (κ3) is 23.2. The molecule has 6 N–H and O–H groups in total. The van der Waals surface area contributed by atoms with Gasteiger partial charge < -0.3 is 36.3 Å². The van der Waals surface area contributed by atoms with Gasteiger partial charge in [0.25, 0.3) is 11.8 Å². The number of amides is 7. The number of thioether (sulfide) groups is 1. The number of aromatic nitrogens is 2. The van der Waals surface area contributed by atoms with E-state index >= 15 is 4.39 Å². The summed E-state index contributed by atoms with van der Waals surface area (Å²) < 4.78 is 63.8. The van der Waals surface area contributed by atoms with Crippen molar-refractivity contribution < 1.29 is 79.8 Å². The Morgan fingerprint density at radius 1 is 0.779 bits per heavy atom. The Bertz CT molecular complexity index is 3080. The predicted molar refractivity (Wildman–Crippen MR) is 307 cm³/mol. The molecule has 0 aliphatic carbocycles. The number of imide groups is 1. The van der Waals surface area contributed by atoms with Gasteiger partial charge in [0.1, 0.15) is 11.6 Å². The zero-order chi connectivity index (χ0) is 63.9. The van der Waals surface area contributed by atoms with E-state index in [1.807, 2.05) is 55.7 Å². The predicted octanol–water partition coefficient (Wildman–Crippen LogP) is 6.38. The van der Waals surface area contributed by atoms with Crippen LogP contribution in [0.3, 0.4) is 0 Å². The Labute approximate surface area is 498 Å². The molecule has 0 saturated heterocycles. The molecule has 1 aliphatic heterocycles. The standard InChI is InChI=1S/C58H70F2N8O10S.C2HF3O2/c1-37(28-49(71)38(2)64-52(74)29-39-20-24-62-25-21-39)57(78)65-46(32-50(61)72)48(70)15-9-10-26-67(55(77)36-79-27-22-51(73)63-23-11-14-43(69)35-68-53(75)18-19-54(68)76)56(58(3,4)5)47-30-41(44-31-42(59)16-17-45(44)60)34-66(47)33-40-12-7-6-8-13-40;3-2(4,5)1(6)7/h6-8,12-13,16-21,24-25,30-31,34,37-38,46,56H,9-11,14-15,22-23,26-29,32-33,35-36H2,1-5H3,(H2,61,72)(H,63,73)(H,64,74)(H,65,78);(H,6,7)/t37-,38-,46-,56-;/m0./s1. The van der Waals surface area contributed by atoms with Crippen molar-refractivity contribution in [1.82, 2.24) is 35.3 Å². The van der Waals surface area contributed by atoms with Crippen LogP contribution in [0.5, 0.6) is 0 Å². The largest absolute Gasteiger partial charge is 0.490 e. The second kappa shape index (κ2) is 33.3. The Kier molecular flexibility index (Phi) is 27.1. The number of primary amides is 1. The van der Waals surface area contributed by atoms with Gasteiger partial charge in [-0.2, -0.15) is 24.9 Å². The number of alkyl halides is 3. The number of ketones is 3. The number of nitrogens with zero attached hydrogens (tertiary/aromatic N) is 4. The number of nitrogens with two attached hydrogens (primary N) is 1. The minimum atomic E-state index is -5.08. The van der Waals surface area contributed by atoms with E-state index in [9.17, 15) is 65.5 Å². The lowest BCUT2D eigenvalue weighted by molar-refractivity contribution is -0.192. The van der Waals surface area contributed by atoms with Crippen molar-refractivity contribution in [1.29, 1.82) is 0 Å². The van der Waals surface area contributed by atoms with Crippen molar-refractivity contribution in [2.24, 2.45) is 17.1 Å². The highest BCUT2D eigenvalue weighted by Crippen LogP contribution is 2.42. The number of carboxylic acid groups (broad SMARTS) is 1. The van der Waals surface area contributed by atoms with Crippen LogP contribution < -0.4 is 21.7 Å². The van der Waals surface area contributed by atoms with Gasteiger partial charge in [-0.05, 0) is 79.1 Å². The fourth-order valence-corrected chi connectivity index (χ4v) is 9.82. The first-order valence-electron chi connectivity index (χ1n) is 27.5. The lowest BCUT2D eigenvalue weighted by Gasteiger charge is -2.41. The van der Waals surface area contributed by atoms with Crippen LogP contribution >= 0.6 is 11.8 Å². The molecule has 1 aliphatic rings. The third-order valence-corrected chi connectivity index (χ3v) is 14.3. The number of carbonyl (C=O) groups is 11. The van der Waals surface area contributed by atoms with Crippen molar-refractivity contribution in [3.05, 3.63) is 126 Å². The summed E-state index contributed by atoms with van der Waals surface area (Å²) in [6.07, 6.45) is 1.89. The van der Waals surface area contributed by atoms with Crippen LogP contribution in [0, 0.1) is 23.0 Å². The number of Topliss-reactive ketones (excluding diaryl/α,β-unsaturated/α-hetero) is 3. The highest BCUT2D eigenvalue weighted by Gasteiger charge is 2.39. The monoisotopic (exact) mass is 1220 g/mol. The molecule has 86 heavy (non-hydrogen) atoms. The minimum Gasteiger partial charge on any atom is -0.475 e. The molecule has 0 bridgehead atoms. The first-order chi connectivity index (χ1) is 40.4. The van der Waals surface area contributed by atoms with Gasteiger partial charge in [0.05, 0.1) is 43.3 Å². The van der Waals surface area contributed by atoms with E-state index in [1.54, 1.807) is 41.7 Å². The summed E-state index contributed by atoms with van der Waals surface area (Å²) in [4.78, 5) is 144. The first-order valence-corrected chi connectivity index (χ1v) is 28.6. The van der Waals surface area contributed by atoms with Crippen LogP contribution in [0.1, 0.15) is 109 Å². The number of halogens is 5. The highest BCUT2D eigenvalue weighted by atomic mass is 32.2. The summed E-state index contributed by atoms with van der Waals surface area (Å²) in [6, 6.07) is 14.9. The molecule has 2 aromatic carbocycles. The topological polar surface area (TPSA) is 294 Å². The highest BCUT2D eigenvalue weighted by molar-refractivity contribution is 7.99. The molecule has 0 fully saturated rings. The number of benzene rings is 2. The summed E-state index contributed by atoms with van der Waals surface area (Å²) in [5.41, 5.74) is 7.47. The smallest absolute Gasteiger partial charge is 0.475 e. The van der Waals surface area contributed by atoms with Crippen molar-refractivity contribution >= 4 is 76.4 Å². The average molecular weight is 1220 g/mol. The maximum absolute atomic E-state index is 15.5. The van der Waals surface area contributed by atoms with Gasteiger partial charge in [-0.3, -0.25) is 57.8 Å². The second-order valence-electron chi connectivity index (χ2n) is 21.5. The number of hydrogen-bond acceptors (Lipinski definition) is 13. The third-order valence-electron chi connectivity index (χ3n) is 13.3. The zero-order valence-corrected chi connectivity index (χ0v) is 49.1. The maximum atomic E-state index is 15.5. The van der Waals surface area contributed by atoms with E-state index in [1.165, 1.54) is 25.6 Å². The fourth-order valence-electron chi connectivity index (χ4n) is 9.01. The molecule has 0 radical (unpaired) electrons. The number of hydrogen-bond donors (Lipinski definition) is 5. The fraction of sp³-hybridized carbons (Fsp3) is 0.433. The van der Waals surface area contributed by atoms with Gasteiger partial charge in [-0.1, -0.05) is 58.0 Å². The quantitative estimate of drug-likeness (QED) is 0.0201. The molecule has 20 nitrogen and oxygen atoms in total. The molecule has 4 atom stereocenters. The van der Waals surface area contributed by atoms with Crippen LogP contribution in [0.4, 0.5) is 22.0 Å². The molecule has 0 spiro atoms. The Hall–Kier alpha value is -8.42. The van der Waals surface area contributed by atoms with Gasteiger partial charge in [-0.15, -0.1) is 0 Å². The molecule has 26 heteroatoms. The molecule has 2 aromatic heterocycles. The van der Waals surface area contributed by atoms with Crippen LogP contribution in [-0.2, 0) is 65.7 Å². The Morgan fingerprint density at radius 3 is 2.05 bits per heavy atom. The lowest BCUT2D eigenvalue weighted by Crippen LogP contribution is -2.46. The van der Waals surface area contributed by atoms with Crippen LogP contribution in [0.15, 0.2) is 97.5 Å². The van der Waals surface area contributed by atoms with Gasteiger partial charge in [0, 0.05) is 105 Å². The molecule has 464 valence electrons. The van der Waals surface area contributed by atoms with Crippen LogP contribution in [0.2, 0.25) is 0 Å². The number of carboxylic acids is 1. The van der Waals surface area contributed by atoms with Gasteiger partial charge in [0.2, 0.25) is 29.5 Å². The summed E-state index contributed by atoms with van der Waals surface area (Å²) in [5, 5.41) is 15.1. The number of nitrogens with one attached hydrogen (secondary N) is 3. The molecular formula is C60H71F5N8O12S. The molecule has 5 rings (SSSR count). The number of unbranched alkanes of at least 4 members (excludes halogenated alkanes) is 1. The molecule has 0 saturated carbocycles. The minimum absolute atomic E-state index is 0.0240. The van der Waals surface area contributed by atoms with Gasteiger partial charge in [0.15, 0.2) is 17.3 Å². The molecular weight excluding hydrogens is 1150 g/mol. The summed E-state index contributed by atoms with van der Waals surface area (Å²) >= 11 is 1.23. The Balaban J connectivity index is 0.00000212. The van der Waals surface area contributed by atoms with E-state index in [0.29, 0.717) is 23.4 Å². The van der Waals surface area contributed by atoms with Crippen LogP contribution in [-0.4, -0.2) is 139 Å². The van der Waals surface area contributed by atoms with E-state index < -0.39 is 101 Å². The molecule has 4 aromatic rings. The van der Waals surface area contributed by atoms with E-state index in [0.717, 1.165) is 40.8 Å². The summed E-state index contributed by atoms with van der Waals surface area (Å²) in [5.74, 6) is -9.68. The van der Waals surface area contributed by atoms with Crippen LogP contribution in [0.25, 0.3) is 11.1 Å².